The molecule has 4 nitrogen and oxygen atoms in total. The first-order chi connectivity index (χ1) is 9.19. The average Bonchev–Trinajstić information content (AvgIpc) is 2.46. The van der Waals surface area contributed by atoms with E-state index < -0.39 is 5.97 Å². The molecule has 0 amide bonds. The van der Waals surface area contributed by atoms with Crippen molar-refractivity contribution < 1.29 is 14.7 Å². The third-order valence-electron chi connectivity index (χ3n) is 2.55. The van der Waals surface area contributed by atoms with E-state index >= 15 is 0 Å². The number of aldehydes is 1. The maximum absolute atomic E-state index is 10.7. The first kappa shape index (κ1) is 12.7. The van der Waals surface area contributed by atoms with Crippen LogP contribution < -0.4 is 0 Å². The lowest BCUT2D eigenvalue weighted by Crippen LogP contribution is -1.94. The molecule has 0 aliphatic rings. The Kier molecular flexibility index (Phi) is 3.83. The summed E-state index contributed by atoms with van der Waals surface area (Å²) in [5.41, 5.74) is 2.38. The molecule has 0 bridgehead atoms. The molecule has 2 aromatic rings. The summed E-state index contributed by atoms with van der Waals surface area (Å²) in [6.45, 7) is 0. The van der Waals surface area contributed by atoms with Gasteiger partial charge in [0, 0.05) is 11.8 Å². The monoisotopic (exact) mass is 253 g/mol. The van der Waals surface area contributed by atoms with Gasteiger partial charge in [-0.05, 0) is 29.8 Å². The molecule has 2 aromatic carbocycles. The van der Waals surface area contributed by atoms with Crippen LogP contribution in [0, 0.1) is 0 Å². The largest absolute Gasteiger partial charge is 0.478 e. The Morgan fingerprint density at radius 3 is 2.05 bits per heavy atom. The topological polar surface area (TPSA) is 66.7 Å². The van der Waals surface area contributed by atoms with Crippen LogP contribution >= 0.6 is 0 Å². The SMILES string of the molecule is O=Cc1ccc(C=Nc2ccc(C(=O)O)cc2)cc1. The van der Waals surface area contributed by atoms with Crippen LogP contribution in [-0.4, -0.2) is 23.6 Å². The van der Waals surface area contributed by atoms with Crippen molar-refractivity contribution in [1.82, 2.24) is 0 Å². The van der Waals surface area contributed by atoms with Gasteiger partial charge in [-0.25, -0.2) is 4.79 Å². The molecular formula is C15H11NO3. The lowest BCUT2D eigenvalue weighted by atomic mass is 10.1. The summed E-state index contributed by atoms with van der Waals surface area (Å²) in [7, 11) is 0. The van der Waals surface area contributed by atoms with Crippen LogP contribution in [0.2, 0.25) is 0 Å². The number of carboxylic acid groups (broad SMARTS) is 1. The van der Waals surface area contributed by atoms with E-state index in [1.54, 1.807) is 42.6 Å². The summed E-state index contributed by atoms with van der Waals surface area (Å²) < 4.78 is 0. The normalized spacial score (nSPS) is 10.5. The van der Waals surface area contributed by atoms with E-state index in [2.05, 4.69) is 4.99 Å². The van der Waals surface area contributed by atoms with E-state index in [0.29, 0.717) is 11.3 Å². The highest BCUT2D eigenvalue weighted by Gasteiger charge is 2.00. The molecule has 0 heterocycles. The highest BCUT2D eigenvalue weighted by atomic mass is 16.4. The molecule has 94 valence electrons. The Balaban J connectivity index is 2.12. The number of aromatic carboxylic acids is 1. The lowest BCUT2D eigenvalue weighted by Gasteiger charge is -1.96. The third kappa shape index (κ3) is 3.35. The smallest absolute Gasteiger partial charge is 0.335 e. The van der Waals surface area contributed by atoms with Crippen LogP contribution in [0.15, 0.2) is 53.5 Å². The zero-order valence-electron chi connectivity index (χ0n) is 9.98. The summed E-state index contributed by atoms with van der Waals surface area (Å²) in [5.74, 6) is -0.958. The van der Waals surface area contributed by atoms with E-state index in [1.165, 1.54) is 12.1 Å². The second-order valence-corrected chi connectivity index (χ2v) is 3.89. The maximum Gasteiger partial charge on any atom is 0.335 e. The molecule has 0 atom stereocenters. The minimum absolute atomic E-state index is 0.231. The fourth-order valence-electron chi connectivity index (χ4n) is 1.50. The van der Waals surface area contributed by atoms with Crippen LogP contribution in [0.5, 0.6) is 0 Å². The van der Waals surface area contributed by atoms with E-state index in [-0.39, 0.29) is 5.56 Å². The number of carbonyl (C=O) groups is 2. The second-order valence-electron chi connectivity index (χ2n) is 3.89. The van der Waals surface area contributed by atoms with Crippen molar-refractivity contribution in [1.29, 1.82) is 0 Å². The van der Waals surface area contributed by atoms with Gasteiger partial charge in [-0.2, -0.15) is 0 Å². The fourth-order valence-corrected chi connectivity index (χ4v) is 1.50. The number of aliphatic imine (C=N–C) groups is 1. The van der Waals surface area contributed by atoms with Crippen LogP contribution in [0.1, 0.15) is 26.3 Å². The summed E-state index contributed by atoms with van der Waals surface area (Å²) >= 11 is 0. The van der Waals surface area contributed by atoms with Crippen LogP contribution in [0.25, 0.3) is 0 Å². The molecule has 19 heavy (non-hydrogen) atoms. The number of benzene rings is 2. The summed E-state index contributed by atoms with van der Waals surface area (Å²) in [4.78, 5) is 25.4. The van der Waals surface area contributed by atoms with Gasteiger partial charge in [0.2, 0.25) is 0 Å². The van der Waals surface area contributed by atoms with Crippen molar-refractivity contribution in [3.8, 4) is 0 Å². The maximum atomic E-state index is 10.7. The van der Waals surface area contributed by atoms with Crippen LogP contribution in [0.4, 0.5) is 5.69 Å². The van der Waals surface area contributed by atoms with Gasteiger partial charge in [0.15, 0.2) is 0 Å². The summed E-state index contributed by atoms with van der Waals surface area (Å²) in [6.07, 6.45) is 2.44. The molecule has 0 fully saturated rings. The molecule has 0 spiro atoms. The number of nitrogens with zero attached hydrogens (tertiary/aromatic N) is 1. The second kappa shape index (κ2) is 5.73. The van der Waals surface area contributed by atoms with Gasteiger partial charge in [0.25, 0.3) is 0 Å². The zero-order chi connectivity index (χ0) is 13.7. The van der Waals surface area contributed by atoms with Crippen molar-refractivity contribution in [2.45, 2.75) is 0 Å². The van der Waals surface area contributed by atoms with Crippen LogP contribution in [-0.2, 0) is 0 Å². The van der Waals surface area contributed by atoms with E-state index in [1.807, 2.05) is 0 Å². The Labute approximate surface area is 110 Å². The quantitative estimate of drug-likeness (QED) is 0.672. The molecule has 1 N–H and O–H groups in total. The molecule has 2 rings (SSSR count). The van der Waals surface area contributed by atoms with Gasteiger partial charge in [-0.1, -0.05) is 24.3 Å². The van der Waals surface area contributed by atoms with Gasteiger partial charge in [0.05, 0.1) is 11.3 Å². The molecule has 0 aromatic heterocycles. The highest BCUT2D eigenvalue weighted by molar-refractivity contribution is 5.88. The Morgan fingerprint density at radius 1 is 0.947 bits per heavy atom. The minimum Gasteiger partial charge on any atom is -0.478 e. The van der Waals surface area contributed by atoms with Crippen molar-refractivity contribution >= 4 is 24.2 Å². The zero-order valence-corrected chi connectivity index (χ0v) is 9.98. The molecule has 4 heteroatoms. The Hall–Kier alpha value is -2.75. The van der Waals surface area contributed by atoms with Gasteiger partial charge >= 0.3 is 5.97 Å². The predicted molar refractivity (Wildman–Crippen MR) is 72.5 cm³/mol. The molecule has 0 unspecified atom stereocenters. The van der Waals surface area contributed by atoms with Gasteiger partial charge < -0.3 is 5.11 Å². The molecule has 0 saturated heterocycles. The van der Waals surface area contributed by atoms with Gasteiger partial charge in [-0.3, -0.25) is 9.79 Å². The molecule has 0 saturated carbocycles. The first-order valence-corrected chi connectivity index (χ1v) is 5.62. The van der Waals surface area contributed by atoms with Crippen molar-refractivity contribution in [3.63, 3.8) is 0 Å². The average molecular weight is 253 g/mol. The third-order valence-corrected chi connectivity index (χ3v) is 2.55. The standard InChI is InChI=1S/C15H11NO3/c17-10-12-3-1-11(2-4-12)9-16-14-7-5-13(6-8-14)15(18)19/h1-10H,(H,18,19). The van der Waals surface area contributed by atoms with Crippen molar-refractivity contribution in [2.24, 2.45) is 4.99 Å². The van der Waals surface area contributed by atoms with E-state index in [9.17, 15) is 9.59 Å². The molecular weight excluding hydrogens is 242 g/mol. The van der Waals surface area contributed by atoms with E-state index in [4.69, 9.17) is 5.11 Å². The Morgan fingerprint density at radius 2 is 1.53 bits per heavy atom. The van der Waals surface area contributed by atoms with Crippen molar-refractivity contribution in [3.05, 3.63) is 65.2 Å². The Bertz CT molecular complexity index is 613. The number of carbonyl (C=O) groups excluding carboxylic acids is 1. The number of hydrogen-bond acceptors (Lipinski definition) is 3. The first-order valence-electron chi connectivity index (χ1n) is 5.62. The minimum atomic E-state index is -0.958. The predicted octanol–water partition coefficient (Wildman–Crippen LogP) is 2.95. The molecule has 0 aliphatic heterocycles. The highest BCUT2D eigenvalue weighted by Crippen LogP contribution is 2.13. The summed E-state index contributed by atoms with van der Waals surface area (Å²) in [5, 5.41) is 8.77. The van der Waals surface area contributed by atoms with Gasteiger partial charge in [-0.15, -0.1) is 0 Å². The lowest BCUT2D eigenvalue weighted by molar-refractivity contribution is 0.0696. The molecule has 0 radical (unpaired) electrons. The van der Waals surface area contributed by atoms with E-state index in [0.717, 1.165) is 11.8 Å². The van der Waals surface area contributed by atoms with Crippen molar-refractivity contribution in [2.75, 3.05) is 0 Å². The fraction of sp³-hybridized carbons (Fsp3) is 0. The number of hydrogen-bond donors (Lipinski definition) is 1. The molecule has 0 aliphatic carbocycles. The summed E-state index contributed by atoms with van der Waals surface area (Å²) in [6, 6.07) is 13.3. The van der Waals surface area contributed by atoms with Crippen LogP contribution in [0.3, 0.4) is 0 Å². The number of carboxylic acids is 1. The van der Waals surface area contributed by atoms with Gasteiger partial charge in [0.1, 0.15) is 6.29 Å². The number of rotatable bonds is 4.